The summed E-state index contributed by atoms with van der Waals surface area (Å²) in [7, 11) is -4.61. The van der Waals surface area contributed by atoms with Crippen molar-refractivity contribution in [3.05, 3.63) is 9.30 Å². The van der Waals surface area contributed by atoms with Gasteiger partial charge in [-0.2, -0.15) is 8.42 Å². The monoisotopic (exact) mass is 245 g/mol. The Bertz CT molecular complexity index is 332. The van der Waals surface area contributed by atoms with E-state index in [0.29, 0.717) is 3.92 Å². The summed E-state index contributed by atoms with van der Waals surface area (Å²) in [4.78, 5) is 3.35. The van der Waals surface area contributed by atoms with E-state index in [2.05, 4.69) is 20.9 Å². The van der Waals surface area contributed by atoms with Crippen LogP contribution in [0.25, 0.3) is 0 Å². The minimum absolute atomic E-state index is 0.351. The number of thiazole rings is 1. The molecule has 7 heteroatoms. The average Bonchev–Trinajstić information content (AvgIpc) is 2.11. The van der Waals surface area contributed by atoms with E-state index in [9.17, 15) is 12.3 Å². The molecule has 0 N–H and O–H groups in total. The van der Waals surface area contributed by atoms with Gasteiger partial charge in [0.15, 0.2) is 8.94 Å². The Hall–Kier alpha value is -0.0100. The highest BCUT2D eigenvalue weighted by Gasteiger charge is 2.14. The van der Waals surface area contributed by atoms with Gasteiger partial charge in [0.1, 0.15) is 0 Å². The molecule has 0 saturated heterocycles. The Morgan fingerprint density at radius 2 is 2.30 bits per heavy atom. The third kappa shape index (κ3) is 1.74. The van der Waals surface area contributed by atoms with Crippen molar-refractivity contribution in [2.75, 3.05) is 0 Å². The molecule has 1 heterocycles. The molecule has 56 valence electrons. The maximum Gasteiger partial charge on any atom is 0.350 e. The fourth-order valence-corrected chi connectivity index (χ4v) is 2.20. The number of halogens is 2. The summed E-state index contributed by atoms with van der Waals surface area (Å²) in [6.45, 7) is 0. The number of hydrogen-bond donors (Lipinski definition) is 0. The zero-order valence-corrected chi connectivity index (χ0v) is 7.63. The molecule has 0 radical (unpaired) electrons. The first kappa shape index (κ1) is 8.09. The number of nitrogens with zero attached hydrogens (tertiary/aromatic N) is 1. The van der Waals surface area contributed by atoms with Crippen LogP contribution in [0, 0.1) is 0 Å². The molecule has 3 nitrogen and oxygen atoms in total. The maximum absolute atomic E-state index is 12.0. The Balaban J connectivity index is 3.21. The van der Waals surface area contributed by atoms with Crippen molar-refractivity contribution in [2.45, 2.75) is 5.03 Å². The summed E-state index contributed by atoms with van der Waals surface area (Å²) in [5, 5.41) is 0.587. The molecule has 0 saturated carbocycles. The minimum Gasteiger partial charge on any atom is -0.215 e. The van der Waals surface area contributed by atoms with Crippen LogP contribution in [0.1, 0.15) is 0 Å². The van der Waals surface area contributed by atoms with E-state index < -0.39 is 15.2 Å². The lowest BCUT2D eigenvalue weighted by atomic mass is 11.0. The van der Waals surface area contributed by atoms with Gasteiger partial charge in [-0.15, -0.1) is 11.3 Å². The smallest absolute Gasteiger partial charge is 0.215 e. The lowest BCUT2D eigenvalue weighted by Crippen LogP contribution is -1.90. The Kier molecular flexibility index (Phi) is 2.07. The van der Waals surface area contributed by atoms with Gasteiger partial charge in [-0.1, -0.05) is 3.89 Å². The normalized spacial score (nSPS) is 11.8. The summed E-state index contributed by atoms with van der Waals surface area (Å²) in [5.41, 5.74) is 0. The molecule has 1 aromatic heterocycles. The van der Waals surface area contributed by atoms with Gasteiger partial charge < -0.3 is 0 Å². The van der Waals surface area contributed by atoms with E-state index in [1.165, 1.54) is 0 Å². The van der Waals surface area contributed by atoms with Crippen LogP contribution in [-0.2, 0) is 10.2 Å². The van der Waals surface area contributed by atoms with E-state index >= 15 is 0 Å². The molecule has 0 aliphatic heterocycles. The van der Waals surface area contributed by atoms with Crippen LogP contribution in [0.4, 0.5) is 3.89 Å². The lowest BCUT2D eigenvalue weighted by molar-refractivity contribution is 0.548. The number of hydrogen-bond acceptors (Lipinski definition) is 4. The summed E-state index contributed by atoms with van der Waals surface area (Å²) in [5.74, 6) is 0. The van der Waals surface area contributed by atoms with Crippen LogP contribution in [0.2, 0.25) is 0 Å². The van der Waals surface area contributed by atoms with Gasteiger partial charge in [-0.25, -0.2) is 4.98 Å². The molecule has 0 aliphatic rings. The van der Waals surface area contributed by atoms with E-state index in [-0.39, 0.29) is 0 Å². The minimum atomic E-state index is -4.61. The molecular formula is C3HBrFNO2S2. The van der Waals surface area contributed by atoms with Crippen LogP contribution in [0.5, 0.6) is 0 Å². The molecule has 0 aromatic carbocycles. The molecule has 0 unspecified atom stereocenters. The van der Waals surface area contributed by atoms with E-state index in [4.69, 9.17) is 0 Å². The van der Waals surface area contributed by atoms with Crippen molar-refractivity contribution in [1.82, 2.24) is 4.98 Å². The topological polar surface area (TPSA) is 47.0 Å². The Morgan fingerprint density at radius 1 is 1.70 bits per heavy atom. The molecular weight excluding hydrogens is 245 g/mol. The van der Waals surface area contributed by atoms with E-state index in [1.54, 1.807) is 0 Å². The predicted octanol–water partition coefficient (Wildman–Crippen LogP) is 1.56. The third-order valence-electron chi connectivity index (χ3n) is 0.705. The third-order valence-corrected chi connectivity index (χ3v) is 2.93. The standard InChI is InChI=1S/C3HBrFNO2S2/c4-3-6-2(1-9-3)10(5,7)8/h1H. The van der Waals surface area contributed by atoms with Gasteiger partial charge in [0.2, 0.25) is 0 Å². The first-order chi connectivity index (χ1) is 4.50. The van der Waals surface area contributed by atoms with Crippen LogP contribution in [-0.4, -0.2) is 13.4 Å². The number of rotatable bonds is 1. The molecule has 1 rings (SSSR count). The van der Waals surface area contributed by atoms with E-state index in [1.807, 2.05) is 0 Å². The lowest BCUT2D eigenvalue weighted by Gasteiger charge is -1.81. The van der Waals surface area contributed by atoms with Crippen LogP contribution in [0.15, 0.2) is 14.3 Å². The maximum atomic E-state index is 12.0. The van der Waals surface area contributed by atoms with Gasteiger partial charge >= 0.3 is 10.2 Å². The second-order valence-corrected chi connectivity index (χ2v) is 4.80. The highest BCUT2D eigenvalue weighted by molar-refractivity contribution is 9.11. The summed E-state index contributed by atoms with van der Waals surface area (Å²) < 4.78 is 32.6. The van der Waals surface area contributed by atoms with Crippen molar-refractivity contribution in [2.24, 2.45) is 0 Å². The average molecular weight is 246 g/mol. The molecule has 0 atom stereocenters. The van der Waals surface area contributed by atoms with Gasteiger partial charge in [-0.3, -0.25) is 0 Å². The second kappa shape index (κ2) is 2.55. The quantitative estimate of drug-likeness (QED) is 0.706. The second-order valence-electron chi connectivity index (χ2n) is 1.38. The number of aromatic nitrogens is 1. The highest BCUT2D eigenvalue weighted by atomic mass is 79.9. The van der Waals surface area contributed by atoms with Gasteiger partial charge in [0.25, 0.3) is 0 Å². The van der Waals surface area contributed by atoms with Crippen LogP contribution < -0.4 is 0 Å². The first-order valence-electron chi connectivity index (χ1n) is 2.06. The van der Waals surface area contributed by atoms with E-state index in [0.717, 1.165) is 16.7 Å². The molecule has 10 heavy (non-hydrogen) atoms. The first-order valence-corrected chi connectivity index (χ1v) is 5.11. The van der Waals surface area contributed by atoms with Crippen molar-refractivity contribution >= 4 is 37.5 Å². The summed E-state index contributed by atoms with van der Waals surface area (Å²) in [6, 6.07) is 0. The molecule has 0 aliphatic carbocycles. The van der Waals surface area contributed by atoms with Gasteiger partial charge in [0, 0.05) is 5.38 Å². The van der Waals surface area contributed by atoms with Gasteiger partial charge in [-0.05, 0) is 15.9 Å². The van der Waals surface area contributed by atoms with Crippen molar-refractivity contribution in [3.8, 4) is 0 Å². The van der Waals surface area contributed by atoms with Gasteiger partial charge in [0.05, 0.1) is 0 Å². The highest BCUT2D eigenvalue weighted by Crippen LogP contribution is 2.20. The SMILES string of the molecule is O=S(=O)(F)c1csc(Br)n1. The van der Waals surface area contributed by atoms with Crippen molar-refractivity contribution in [3.63, 3.8) is 0 Å². The Labute approximate surface area is 69.2 Å². The zero-order chi connectivity index (χ0) is 7.78. The predicted molar refractivity (Wildman–Crippen MR) is 38.1 cm³/mol. The fraction of sp³-hybridized carbons (Fsp3) is 0. The van der Waals surface area contributed by atoms with Crippen LogP contribution >= 0.6 is 27.3 Å². The molecule has 0 spiro atoms. The molecule has 1 aromatic rings. The summed E-state index contributed by atoms with van der Waals surface area (Å²) >= 11 is 3.92. The zero-order valence-electron chi connectivity index (χ0n) is 4.41. The van der Waals surface area contributed by atoms with Crippen molar-refractivity contribution < 1.29 is 12.3 Å². The summed E-state index contributed by atoms with van der Waals surface area (Å²) in [6.07, 6.45) is 0. The molecule has 0 amide bonds. The largest absolute Gasteiger partial charge is 0.350 e. The molecule has 0 bridgehead atoms. The fourth-order valence-electron chi connectivity index (χ4n) is 0.350. The van der Waals surface area contributed by atoms with Crippen molar-refractivity contribution in [1.29, 1.82) is 0 Å². The Morgan fingerprint density at radius 3 is 2.50 bits per heavy atom. The van der Waals surface area contributed by atoms with Crippen LogP contribution in [0.3, 0.4) is 0 Å². The molecule has 0 fully saturated rings.